The van der Waals surface area contributed by atoms with Crippen LogP contribution in [0.3, 0.4) is 0 Å². The van der Waals surface area contributed by atoms with Gasteiger partial charge in [0.25, 0.3) is 0 Å². The highest BCUT2D eigenvalue weighted by Gasteiger charge is 2.14. The number of hydrogen-bond acceptors (Lipinski definition) is 4. The summed E-state index contributed by atoms with van der Waals surface area (Å²) in [4.78, 5) is 10.8. The number of carbonyl (C=O) groups is 1. The molecule has 3 aromatic rings. The van der Waals surface area contributed by atoms with Gasteiger partial charge in [-0.15, -0.1) is 0 Å². The zero-order chi connectivity index (χ0) is 22.5. The molecule has 0 aliphatic heterocycles. The molecule has 0 amide bonds. The molecule has 0 bridgehead atoms. The molecular weight excluding hydrogens is 421 g/mol. The van der Waals surface area contributed by atoms with Gasteiger partial charge in [-0.05, 0) is 61.2 Å². The van der Waals surface area contributed by atoms with Crippen molar-refractivity contribution in [3.05, 3.63) is 64.2 Å². The van der Waals surface area contributed by atoms with Crippen molar-refractivity contribution in [1.82, 2.24) is 4.72 Å². The summed E-state index contributed by atoms with van der Waals surface area (Å²) in [5.41, 5.74) is 4.05. The minimum atomic E-state index is -1.10. The lowest BCUT2D eigenvalue weighted by Gasteiger charge is -2.14. The van der Waals surface area contributed by atoms with E-state index in [-0.39, 0.29) is 18.8 Å². The number of carboxylic acid groups (broad SMARTS) is 1. The first kappa shape index (κ1) is 23.0. The number of hydrogen-bond donors (Lipinski definition) is 2. The Kier molecular flexibility index (Phi) is 7.46. The van der Waals surface area contributed by atoms with Crippen molar-refractivity contribution in [2.24, 2.45) is 0 Å². The second-order valence-corrected chi connectivity index (χ2v) is 8.65. The van der Waals surface area contributed by atoms with Gasteiger partial charge in [-0.2, -0.15) is 0 Å². The Labute approximate surface area is 183 Å². The molecule has 0 saturated carbocycles. The van der Waals surface area contributed by atoms with Gasteiger partial charge in [0.1, 0.15) is 29.5 Å². The van der Waals surface area contributed by atoms with Crippen molar-refractivity contribution in [3.63, 3.8) is 0 Å². The average molecular weight is 448 g/mol. The van der Waals surface area contributed by atoms with Crippen LogP contribution in [-0.2, 0) is 35.2 Å². The first-order valence-corrected chi connectivity index (χ1v) is 11.5. The van der Waals surface area contributed by atoms with Crippen molar-refractivity contribution in [2.45, 2.75) is 39.7 Å². The molecule has 1 atom stereocenters. The van der Waals surface area contributed by atoms with E-state index in [2.05, 4.69) is 4.72 Å². The van der Waals surface area contributed by atoms with Gasteiger partial charge >= 0.3 is 5.97 Å². The summed E-state index contributed by atoms with van der Waals surface area (Å²) >= 11 is 0. The predicted molar refractivity (Wildman–Crippen MR) is 118 cm³/mol. The molecule has 0 saturated heterocycles. The molecule has 2 aromatic carbocycles. The number of halogens is 1. The fourth-order valence-electron chi connectivity index (χ4n) is 3.46. The zero-order valence-electron chi connectivity index (χ0n) is 17.8. The number of aliphatic carboxylic acids is 1. The summed E-state index contributed by atoms with van der Waals surface area (Å²) in [6.07, 6.45) is 2.63. The van der Waals surface area contributed by atoms with E-state index in [0.717, 1.165) is 16.7 Å². The molecule has 2 N–H and O–H groups in total. The number of furan rings is 1. The van der Waals surface area contributed by atoms with Crippen LogP contribution in [0.25, 0.3) is 11.0 Å². The Bertz CT molecular complexity index is 1120. The van der Waals surface area contributed by atoms with Crippen LogP contribution in [0.2, 0.25) is 0 Å². The lowest BCUT2D eigenvalue weighted by atomic mass is 9.99. The first-order valence-electron chi connectivity index (χ1n) is 9.96. The summed E-state index contributed by atoms with van der Waals surface area (Å²) in [5.74, 6) is 0.136. The minimum absolute atomic E-state index is 0.0757. The van der Waals surface area contributed by atoms with E-state index in [1.165, 1.54) is 12.1 Å². The molecule has 1 heterocycles. The lowest BCUT2D eigenvalue weighted by Crippen LogP contribution is -2.18. The van der Waals surface area contributed by atoms with Gasteiger partial charge in [-0.1, -0.05) is 6.07 Å². The lowest BCUT2D eigenvalue weighted by molar-refractivity contribution is -0.136. The predicted octanol–water partition coefficient (Wildman–Crippen LogP) is 4.21. The molecular formula is C23H26FNO5S. The van der Waals surface area contributed by atoms with Gasteiger partial charge in [0.15, 0.2) is 0 Å². The van der Waals surface area contributed by atoms with E-state index < -0.39 is 17.0 Å². The number of aryl methyl sites for hydroxylation is 1. The Balaban J connectivity index is 1.77. The van der Waals surface area contributed by atoms with E-state index in [0.29, 0.717) is 47.4 Å². The van der Waals surface area contributed by atoms with Crippen LogP contribution in [0.1, 0.15) is 34.4 Å². The molecule has 1 aromatic heterocycles. The van der Waals surface area contributed by atoms with Gasteiger partial charge in [-0.3, -0.25) is 4.79 Å². The SMILES string of the molecule is Cc1c(CCC(=O)O)ccc(OCc2cc(F)cc3cc(CCNS(C)=O)oc23)c1C. The third-order valence-electron chi connectivity index (χ3n) is 5.23. The second-order valence-electron chi connectivity index (χ2n) is 7.45. The van der Waals surface area contributed by atoms with Crippen LogP contribution >= 0.6 is 0 Å². The highest BCUT2D eigenvalue weighted by Crippen LogP contribution is 2.29. The molecule has 31 heavy (non-hydrogen) atoms. The van der Waals surface area contributed by atoms with Gasteiger partial charge in [0, 0.05) is 36.6 Å². The van der Waals surface area contributed by atoms with Gasteiger partial charge in [-0.25, -0.2) is 13.3 Å². The zero-order valence-corrected chi connectivity index (χ0v) is 18.6. The van der Waals surface area contributed by atoms with Crippen molar-refractivity contribution in [2.75, 3.05) is 12.8 Å². The molecule has 0 spiro atoms. The number of carboxylic acids is 1. The highest BCUT2D eigenvalue weighted by molar-refractivity contribution is 7.82. The third kappa shape index (κ3) is 5.92. The maximum Gasteiger partial charge on any atom is 0.303 e. The van der Waals surface area contributed by atoms with E-state index in [4.69, 9.17) is 14.3 Å². The van der Waals surface area contributed by atoms with Gasteiger partial charge < -0.3 is 14.3 Å². The maximum absolute atomic E-state index is 14.1. The van der Waals surface area contributed by atoms with Crippen LogP contribution in [-0.4, -0.2) is 28.1 Å². The van der Waals surface area contributed by atoms with Crippen LogP contribution < -0.4 is 9.46 Å². The number of nitrogens with one attached hydrogen (secondary N) is 1. The topological polar surface area (TPSA) is 88.8 Å². The second kappa shape index (κ2) is 10.1. The molecule has 6 nitrogen and oxygen atoms in total. The van der Waals surface area contributed by atoms with E-state index in [1.807, 2.05) is 26.0 Å². The number of benzene rings is 2. The van der Waals surface area contributed by atoms with E-state index in [9.17, 15) is 13.4 Å². The molecule has 0 aliphatic carbocycles. The number of rotatable bonds is 10. The standard InChI is InChI=1S/C23H26FNO5S/c1-14-15(2)21(6-4-16(14)5-7-22(26)27)29-13-18-11-19(24)10-17-12-20(30-23(17)18)8-9-25-31(3)28/h4,6,10-12,25H,5,7-9,13H2,1-3H3,(H,26,27). The van der Waals surface area contributed by atoms with E-state index in [1.54, 1.807) is 12.3 Å². The quantitative estimate of drug-likeness (QED) is 0.486. The van der Waals surface area contributed by atoms with E-state index >= 15 is 0 Å². The summed E-state index contributed by atoms with van der Waals surface area (Å²) in [6, 6.07) is 8.30. The minimum Gasteiger partial charge on any atom is -0.488 e. The smallest absolute Gasteiger partial charge is 0.303 e. The normalized spacial score (nSPS) is 12.3. The summed E-state index contributed by atoms with van der Waals surface area (Å²) in [5, 5.41) is 9.56. The molecule has 0 radical (unpaired) electrons. The molecule has 8 heteroatoms. The van der Waals surface area contributed by atoms with Crippen molar-refractivity contribution >= 4 is 27.9 Å². The van der Waals surface area contributed by atoms with Crippen LogP contribution in [0.15, 0.2) is 34.7 Å². The largest absolute Gasteiger partial charge is 0.488 e. The number of ether oxygens (including phenoxy) is 1. The van der Waals surface area contributed by atoms with Crippen molar-refractivity contribution < 1.29 is 27.7 Å². The van der Waals surface area contributed by atoms with Crippen LogP contribution in [0.5, 0.6) is 5.75 Å². The third-order valence-corrected chi connectivity index (χ3v) is 5.84. The molecule has 0 fully saturated rings. The Morgan fingerprint density at radius 2 is 1.94 bits per heavy atom. The molecule has 166 valence electrons. The first-order chi connectivity index (χ1) is 14.7. The molecule has 0 aliphatic rings. The highest BCUT2D eigenvalue weighted by atomic mass is 32.2. The summed E-state index contributed by atoms with van der Waals surface area (Å²) in [7, 11) is -1.10. The van der Waals surface area contributed by atoms with Crippen molar-refractivity contribution in [1.29, 1.82) is 0 Å². The van der Waals surface area contributed by atoms with Crippen molar-refractivity contribution in [3.8, 4) is 5.75 Å². The fraction of sp³-hybridized carbons (Fsp3) is 0.348. The van der Waals surface area contributed by atoms with Gasteiger partial charge in [0.05, 0.1) is 11.0 Å². The summed E-state index contributed by atoms with van der Waals surface area (Å²) < 4.78 is 40.0. The molecule has 1 unspecified atom stereocenters. The number of fused-ring (bicyclic) bond motifs is 1. The maximum atomic E-state index is 14.1. The Morgan fingerprint density at radius 1 is 1.16 bits per heavy atom. The van der Waals surface area contributed by atoms with Crippen LogP contribution in [0, 0.1) is 19.7 Å². The summed E-state index contributed by atoms with van der Waals surface area (Å²) in [6.45, 7) is 4.48. The Morgan fingerprint density at radius 3 is 2.65 bits per heavy atom. The monoisotopic (exact) mass is 447 g/mol. The average Bonchev–Trinajstić information content (AvgIpc) is 3.10. The van der Waals surface area contributed by atoms with Crippen LogP contribution in [0.4, 0.5) is 4.39 Å². The molecule has 3 rings (SSSR count). The van der Waals surface area contributed by atoms with Gasteiger partial charge in [0.2, 0.25) is 0 Å². The Hall–Kier alpha value is -2.71. The fourth-order valence-corrected chi connectivity index (χ4v) is 3.85.